The van der Waals surface area contributed by atoms with Crippen LogP contribution in [0.15, 0.2) is 60.8 Å². The van der Waals surface area contributed by atoms with Crippen LogP contribution in [0, 0.1) is 5.92 Å². The van der Waals surface area contributed by atoms with Gasteiger partial charge in [0.05, 0.1) is 12.9 Å². The Labute approximate surface area is 404 Å². The molecule has 15 nitrogen and oxygen atoms in total. The maximum Gasteiger partial charge on any atom is 0.425 e. The van der Waals surface area contributed by atoms with E-state index in [9.17, 15) is 77.0 Å². The minimum Gasteiger partial charge on any atom is -0.463 e. The summed E-state index contributed by atoms with van der Waals surface area (Å²) in [5.74, 6) is -3.48. The normalized spacial score (nSPS) is 15.7. The maximum absolute atomic E-state index is 12.8. The predicted octanol–water partition coefficient (Wildman–Crippen LogP) is 8.79. The molecule has 0 radical (unpaired) electrons. The van der Waals surface area contributed by atoms with E-state index in [2.05, 4.69) is 56.6 Å². The number of rotatable bonds is 18. The number of hydrogen-bond acceptors (Lipinski definition) is 14. The lowest BCUT2D eigenvalue weighted by atomic mass is 9.81. The highest BCUT2D eigenvalue weighted by Crippen LogP contribution is 2.39. The van der Waals surface area contributed by atoms with E-state index in [1.54, 1.807) is 13.8 Å². The van der Waals surface area contributed by atoms with Gasteiger partial charge in [0.1, 0.15) is 18.8 Å². The molecule has 70 heavy (non-hydrogen) atoms. The molecule has 1 rings (SSSR count). The van der Waals surface area contributed by atoms with Crippen LogP contribution < -0.4 is 4.72 Å². The van der Waals surface area contributed by atoms with Crippen LogP contribution in [0.2, 0.25) is 0 Å². The first-order valence-electron chi connectivity index (χ1n) is 21.1. The summed E-state index contributed by atoms with van der Waals surface area (Å²) in [7, 11) is -3.21. The molecule has 1 aliphatic rings. The van der Waals surface area contributed by atoms with Crippen molar-refractivity contribution in [3.63, 3.8) is 0 Å². The van der Waals surface area contributed by atoms with Crippen molar-refractivity contribution in [1.29, 1.82) is 0 Å². The van der Waals surface area contributed by atoms with Crippen LogP contribution in [-0.4, -0.2) is 123 Å². The van der Waals surface area contributed by atoms with Crippen molar-refractivity contribution in [2.75, 3.05) is 26.0 Å². The number of esters is 5. The number of alkyl halides is 9. The molecule has 0 spiro atoms. The second-order valence-electron chi connectivity index (χ2n) is 16.5. The number of hydrogen-bond donors (Lipinski definition) is 3. The number of sulfonamides is 1. The van der Waals surface area contributed by atoms with Gasteiger partial charge in [-0.05, 0) is 88.0 Å². The lowest BCUT2D eigenvalue weighted by Gasteiger charge is -2.35. The minimum absolute atomic E-state index is 0.0127. The molecule has 25 heteroatoms. The van der Waals surface area contributed by atoms with Gasteiger partial charge >= 0.3 is 48.4 Å². The Kier molecular flexibility index (Phi) is 33.1. The van der Waals surface area contributed by atoms with Gasteiger partial charge in [-0.25, -0.2) is 37.1 Å². The van der Waals surface area contributed by atoms with E-state index in [-0.39, 0.29) is 41.8 Å². The second-order valence-corrected chi connectivity index (χ2v) is 18.4. The smallest absolute Gasteiger partial charge is 0.425 e. The zero-order valence-electron chi connectivity index (χ0n) is 41.5. The molecule has 5 atom stereocenters. The van der Waals surface area contributed by atoms with Gasteiger partial charge < -0.3 is 33.9 Å². The molecule has 1 aliphatic carbocycles. The summed E-state index contributed by atoms with van der Waals surface area (Å²) in [6.45, 7) is 29.6. The van der Waals surface area contributed by atoms with E-state index in [4.69, 9.17) is 9.84 Å². The maximum atomic E-state index is 12.8. The molecule has 0 heterocycles. The first-order chi connectivity index (χ1) is 31.3. The van der Waals surface area contributed by atoms with Gasteiger partial charge in [-0.15, -0.1) is 0 Å². The third-order valence-corrected chi connectivity index (χ3v) is 9.44. The zero-order chi connectivity index (χ0) is 56.4. The summed E-state index contributed by atoms with van der Waals surface area (Å²) >= 11 is 0. The minimum atomic E-state index is -4.75. The lowest BCUT2D eigenvalue weighted by Crippen LogP contribution is -2.47. The summed E-state index contributed by atoms with van der Waals surface area (Å²) in [5.41, 5.74) is -4.81. The van der Waals surface area contributed by atoms with Crippen LogP contribution in [0.3, 0.4) is 0 Å². The van der Waals surface area contributed by atoms with Gasteiger partial charge in [0.2, 0.25) is 10.0 Å². The molecule has 0 aromatic heterocycles. The Morgan fingerprint density at radius 3 is 1.30 bits per heavy atom. The highest BCUT2D eigenvalue weighted by molar-refractivity contribution is 7.88. The van der Waals surface area contributed by atoms with Crippen LogP contribution in [0.1, 0.15) is 114 Å². The molecule has 1 saturated carbocycles. The third kappa shape index (κ3) is 34.5. The average molecular weight is 1050 g/mol. The van der Waals surface area contributed by atoms with Crippen LogP contribution in [0.4, 0.5) is 39.5 Å². The summed E-state index contributed by atoms with van der Waals surface area (Å²) in [4.78, 5) is 54.4. The van der Waals surface area contributed by atoms with Crippen LogP contribution in [0.25, 0.3) is 0 Å². The number of carbonyl (C=O) groups excluding carboxylic acids is 5. The average Bonchev–Trinajstić information content (AvgIpc) is 3.18. The van der Waals surface area contributed by atoms with Crippen molar-refractivity contribution in [2.45, 2.75) is 162 Å². The van der Waals surface area contributed by atoms with E-state index in [1.807, 2.05) is 0 Å². The molecule has 5 unspecified atom stereocenters. The van der Waals surface area contributed by atoms with E-state index >= 15 is 0 Å². The highest BCUT2D eigenvalue weighted by Gasteiger charge is 2.52. The van der Waals surface area contributed by atoms with Crippen molar-refractivity contribution in [1.82, 2.24) is 4.72 Å². The first-order valence-corrected chi connectivity index (χ1v) is 23.0. The summed E-state index contributed by atoms with van der Waals surface area (Å²) in [5, 5.41) is 18.8. The molecule has 0 amide bonds. The molecule has 3 N–H and O–H groups in total. The van der Waals surface area contributed by atoms with Crippen LogP contribution in [0.5, 0.6) is 0 Å². The van der Waals surface area contributed by atoms with Crippen molar-refractivity contribution in [2.24, 2.45) is 5.92 Å². The van der Waals surface area contributed by atoms with Gasteiger partial charge in [-0.2, -0.15) is 39.5 Å². The van der Waals surface area contributed by atoms with Gasteiger partial charge in [0, 0.05) is 47.3 Å². The third-order valence-electron chi connectivity index (χ3n) is 8.71. The standard InChI is InChI=1S/C15H23F3O3.C10H15F3O3.C7H9F3O2.C7H13NO4S.C6H10O2/c1-10(2)13(19)21-12(11-7-5-4-6-8-11)9-14(3,20)15(16,17)18;1-6(2)8(14)16-7(3)5-9(4,15)10(11,12)13;1-4(2)6(11)12-5(3)7(8,9)10;1-6(2)7(9)12-5-4-8-13(3,10)11;1-4-8-6(7)5(2)3/h11-12,20H,1,4-9H2,2-3H3;7,15H,1,5H2,2-4H3;5H,1H2,2-3H3;8H,1,4-5H2,2-3H3;2,4H2,1,3H3. The number of halogens is 9. The van der Waals surface area contributed by atoms with E-state index in [0.717, 1.165) is 39.4 Å². The molecular formula is C45H70F9NO14S. The van der Waals surface area contributed by atoms with Gasteiger partial charge in [0.25, 0.3) is 0 Å². The molecule has 408 valence electrons. The van der Waals surface area contributed by atoms with Gasteiger partial charge in [0.15, 0.2) is 17.3 Å². The van der Waals surface area contributed by atoms with Gasteiger partial charge in [-0.1, -0.05) is 52.2 Å². The van der Waals surface area contributed by atoms with Crippen LogP contribution in [-0.2, 0) is 57.7 Å². The number of nitrogens with one attached hydrogen (secondary N) is 1. The molecule has 0 saturated heterocycles. The number of carbonyl (C=O) groups is 5. The second kappa shape index (κ2) is 32.3. The zero-order valence-corrected chi connectivity index (χ0v) is 42.3. The van der Waals surface area contributed by atoms with Crippen molar-refractivity contribution in [3.8, 4) is 0 Å². The number of aliphatic hydroxyl groups is 2. The Bertz CT molecular complexity index is 1870. The fraction of sp³-hybridized carbons (Fsp3) is 0.667. The predicted molar refractivity (Wildman–Crippen MR) is 241 cm³/mol. The summed E-state index contributed by atoms with van der Waals surface area (Å²) < 4.78 is 157. The van der Waals surface area contributed by atoms with E-state index in [1.165, 1.54) is 34.6 Å². The SMILES string of the molecule is C=C(C)C(=O)OC(C)C(F)(F)F.C=C(C)C(=O)OC(C)CC(C)(O)C(F)(F)F.C=C(C)C(=O)OC(CC(C)(O)C(F)(F)F)C1CCCCC1.C=C(C)C(=O)OCC.C=C(C)C(=O)OCCNS(C)(=O)=O. The molecule has 0 bridgehead atoms. The summed E-state index contributed by atoms with van der Waals surface area (Å²) in [6.07, 6.45) is -14.1. The molecular weight excluding hydrogens is 982 g/mol. The van der Waals surface area contributed by atoms with Crippen molar-refractivity contribution < 1.29 is 106 Å². The molecule has 0 aromatic carbocycles. The van der Waals surface area contributed by atoms with E-state index in [0.29, 0.717) is 37.5 Å². The lowest BCUT2D eigenvalue weighted by molar-refractivity contribution is -0.263. The van der Waals surface area contributed by atoms with Crippen molar-refractivity contribution >= 4 is 39.9 Å². The fourth-order valence-electron chi connectivity index (χ4n) is 4.63. The monoisotopic (exact) mass is 1050 g/mol. The highest BCUT2D eigenvalue weighted by atomic mass is 32.2. The van der Waals surface area contributed by atoms with Gasteiger partial charge in [-0.3, -0.25) is 0 Å². The Morgan fingerprint density at radius 2 is 0.971 bits per heavy atom. The first kappa shape index (κ1) is 71.8. The largest absolute Gasteiger partial charge is 0.463 e. The van der Waals surface area contributed by atoms with Crippen molar-refractivity contribution in [3.05, 3.63) is 60.8 Å². The molecule has 0 aliphatic heterocycles. The van der Waals surface area contributed by atoms with E-state index < -0.39 is 94.8 Å². The number of ether oxygens (including phenoxy) is 5. The molecule has 0 aromatic rings. The topological polar surface area (TPSA) is 218 Å². The Balaban J connectivity index is -0.000000402. The molecule has 1 fully saturated rings. The Morgan fingerprint density at radius 1 is 0.614 bits per heavy atom. The summed E-state index contributed by atoms with van der Waals surface area (Å²) in [6, 6.07) is 0. The quantitative estimate of drug-likeness (QED) is 0.0384. The fourth-order valence-corrected chi connectivity index (χ4v) is 5.09. The Hall–Kier alpha value is -4.75. The van der Waals surface area contributed by atoms with Crippen LogP contribution >= 0.6 is 0 Å².